The molecule has 3 aromatic carbocycles. The van der Waals surface area contributed by atoms with Crippen LogP contribution in [-0.4, -0.2) is 43.8 Å². The molecule has 0 saturated heterocycles. The number of hydrogen-bond donors (Lipinski definition) is 1. The molecule has 212 valence electrons. The van der Waals surface area contributed by atoms with Crippen LogP contribution in [0, 0.1) is 12.7 Å². The normalized spacial score (nSPS) is 14.5. The van der Waals surface area contributed by atoms with Gasteiger partial charge in [0.1, 0.15) is 18.4 Å². The molecule has 1 N–H and O–H groups in total. The number of aryl methyl sites for hydroxylation is 1. The first kappa shape index (κ1) is 29.3. The van der Waals surface area contributed by atoms with E-state index in [9.17, 15) is 18.0 Å². The molecule has 0 unspecified atom stereocenters. The first-order valence-corrected chi connectivity index (χ1v) is 15.1. The highest BCUT2D eigenvalue weighted by atomic mass is 32.2. The number of halogens is 1. The average molecular weight is 566 g/mol. The highest BCUT2D eigenvalue weighted by Crippen LogP contribution is 2.27. The molecular weight excluding hydrogens is 529 g/mol. The zero-order valence-electron chi connectivity index (χ0n) is 22.9. The van der Waals surface area contributed by atoms with E-state index in [0.29, 0.717) is 6.42 Å². The van der Waals surface area contributed by atoms with Gasteiger partial charge < -0.3 is 10.2 Å². The largest absolute Gasteiger partial charge is 0.352 e. The van der Waals surface area contributed by atoms with E-state index in [2.05, 4.69) is 5.32 Å². The first-order valence-electron chi connectivity index (χ1n) is 13.7. The molecule has 1 aliphatic carbocycles. The van der Waals surface area contributed by atoms with E-state index < -0.39 is 34.3 Å². The van der Waals surface area contributed by atoms with Crippen LogP contribution in [0.25, 0.3) is 0 Å². The number of amides is 2. The summed E-state index contributed by atoms with van der Waals surface area (Å²) in [5, 5.41) is 3.09. The molecule has 3 aromatic rings. The smallest absolute Gasteiger partial charge is 0.264 e. The van der Waals surface area contributed by atoms with E-state index in [1.165, 1.54) is 35.2 Å². The monoisotopic (exact) mass is 565 g/mol. The summed E-state index contributed by atoms with van der Waals surface area (Å²) in [6.45, 7) is 3.19. The molecular formula is C31H36FN3O4S. The van der Waals surface area contributed by atoms with Crippen LogP contribution in [0.5, 0.6) is 0 Å². The SMILES string of the molecule is CC[C@@H](C(=O)NC1CCCC1)N(Cc1ccccc1C)C(=O)CN(c1ccccc1F)S(=O)(=O)c1ccccc1. The van der Waals surface area contributed by atoms with Crippen molar-refractivity contribution in [3.63, 3.8) is 0 Å². The Morgan fingerprint density at radius 3 is 2.23 bits per heavy atom. The van der Waals surface area contributed by atoms with Gasteiger partial charge in [-0.15, -0.1) is 0 Å². The van der Waals surface area contributed by atoms with E-state index in [-0.39, 0.29) is 29.1 Å². The van der Waals surface area contributed by atoms with Crippen molar-refractivity contribution >= 4 is 27.5 Å². The molecule has 9 heteroatoms. The lowest BCUT2D eigenvalue weighted by atomic mass is 10.1. The fourth-order valence-corrected chi connectivity index (χ4v) is 6.59. The van der Waals surface area contributed by atoms with Crippen molar-refractivity contribution in [1.29, 1.82) is 0 Å². The summed E-state index contributed by atoms with van der Waals surface area (Å²) in [4.78, 5) is 28.9. The molecule has 1 atom stereocenters. The lowest BCUT2D eigenvalue weighted by Gasteiger charge is -2.34. The number of benzene rings is 3. The molecule has 40 heavy (non-hydrogen) atoms. The maximum absolute atomic E-state index is 15.0. The molecule has 7 nitrogen and oxygen atoms in total. The van der Waals surface area contributed by atoms with Crippen LogP contribution in [0.15, 0.2) is 83.8 Å². The predicted octanol–water partition coefficient (Wildman–Crippen LogP) is 5.20. The van der Waals surface area contributed by atoms with E-state index in [1.807, 2.05) is 38.1 Å². The number of nitrogens with one attached hydrogen (secondary N) is 1. The van der Waals surface area contributed by atoms with Gasteiger partial charge in [-0.1, -0.05) is 74.4 Å². The van der Waals surface area contributed by atoms with Gasteiger partial charge in [-0.3, -0.25) is 13.9 Å². The molecule has 0 aromatic heterocycles. The van der Waals surface area contributed by atoms with Crippen LogP contribution >= 0.6 is 0 Å². The Morgan fingerprint density at radius 1 is 0.950 bits per heavy atom. The first-order chi connectivity index (χ1) is 19.2. The maximum atomic E-state index is 15.0. The fourth-order valence-electron chi connectivity index (χ4n) is 5.15. The summed E-state index contributed by atoms with van der Waals surface area (Å²) >= 11 is 0. The van der Waals surface area contributed by atoms with Crippen molar-refractivity contribution in [3.8, 4) is 0 Å². The summed E-state index contributed by atoms with van der Waals surface area (Å²) in [7, 11) is -4.31. The summed E-state index contributed by atoms with van der Waals surface area (Å²) < 4.78 is 43.4. The van der Waals surface area contributed by atoms with Crippen LogP contribution in [-0.2, 0) is 26.2 Å². The van der Waals surface area contributed by atoms with Crippen LogP contribution in [0.2, 0.25) is 0 Å². The van der Waals surface area contributed by atoms with Crippen LogP contribution in [0.1, 0.15) is 50.2 Å². The molecule has 0 spiro atoms. The topological polar surface area (TPSA) is 86.8 Å². The Morgan fingerprint density at radius 2 is 1.57 bits per heavy atom. The molecule has 4 rings (SSSR count). The zero-order valence-corrected chi connectivity index (χ0v) is 23.7. The lowest BCUT2D eigenvalue weighted by Crippen LogP contribution is -2.53. The number of anilines is 1. The zero-order chi connectivity index (χ0) is 28.7. The molecule has 1 aliphatic rings. The second-order valence-electron chi connectivity index (χ2n) is 10.1. The Bertz CT molecular complexity index is 1430. The van der Waals surface area contributed by atoms with Crippen LogP contribution in [0.3, 0.4) is 0 Å². The number of sulfonamides is 1. The van der Waals surface area contributed by atoms with Gasteiger partial charge in [0, 0.05) is 12.6 Å². The summed E-state index contributed by atoms with van der Waals surface area (Å²) in [5.41, 5.74) is 1.54. The van der Waals surface area contributed by atoms with Crippen molar-refractivity contribution in [2.75, 3.05) is 10.8 Å². The third kappa shape index (κ3) is 6.70. The number of hydrogen-bond acceptors (Lipinski definition) is 4. The van der Waals surface area contributed by atoms with Gasteiger partial charge in [-0.05, 0) is 61.6 Å². The molecule has 1 saturated carbocycles. The Labute approximate surface area is 236 Å². The van der Waals surface area contributed by atoms with Crippen LogP contribution in [0.4, 0.5) is 10.1 Å². The quantitative estimate of drug-likeness (QED) is 0.347. The highest BCUT2D eigenvalue weighted by Gasteiger charge is 2.35. The highest BCUT2D eigenvalue weighted by molar-refractivity contribution is 7.92. The number of nitrogens with zero attached hydrogens (tertiary/aromatic N) is 2. The molecule has 1 fully saturated rings. The second kappa shape index (κ2) is 13.1. The molecule has 0 aliphatic heterocycles. The van der Waals surface area contributed by atoms with Crippen molar-refractivity contribution < 1.29 is 22.4 Å². The summed E-state index contributed by atoms with van der Waals surface area (Å²) in [6, 6.07) is 19.9. The predicted molar refractivity (Wildman–Crippen MR) is 154 cm³/mol. The van der Waals surface area contributed by atoms with Gasteiger partial charge in [-0.2, -0.15) is 0 Å². The van der Waals surface area contributed by atoms with Crippen molar-refractivity contribution in [2.24, 2.45) is 0 Å². The van der Waals surface area contributed by atoms with E-state index in [4.69, 9.17) is 0 Å². The molecule has 0 radical (unpaired) electrons. The van der Waals surface area contributed by atoms with E-state index in [1.54, 1.807) is 18.2 Å². The Balaban J connectivity index is 1.72. The van der Waals surface area contributed by atoms with Crippen molar-refractivity contribution in [3.05, 3.63) is 95.8 Å². The van der Waals surface area contributed by atoms with Gasteiger partial charge in [0.2, 0.25) is 11.8 Å². The Hall–Kier alpha value is -3.72. The van der Waals surface area contributed by atoms with Gasteiger partial charge in [0.05, 0.1) is 10.6 Å². The van der Waals surface area contributed by atoms with Gasteiger partial charge in [-0.25, -0.2) is 12.8 Å². The third-order valence-electron chi connectivity index (χ3n) is 7.42. The van der Waals surface area contributed by atoms with Crippen molar-refractivity contribution in [1.82, 2.24) is 10.2 Å². The van der Waals surface area contributed by atoms with Crippen molar-refractivity contribution in [2.45, 2.75) is 69.5 Å². The number of para-hydroxylation sites is 1. The minimum absolute atomic E-state index is 0.0605. The minimum atomic E-state index is -4.31. The number of carbonyl (C=O) groups excluding carboxylic acids is 2. The lowest BCUT2D eigenvalue weighted by molar-refractivity contribution is -0.140. The summed E-state index contributed by atoms with van der Waals surface area (Å²) in [5.74, 6) is -1.63. The second-order valence-corrected chi connectivity index (χ2v) is 12.0. The van der Waals surface area contributed by atoms with E-state index >= 15 is 4.39 Å². The Kier molecular flexibility index (Phi) is 9.58. The number of carbonyl (C=O) groups is 2. The third-order valence-corrected chi connectivity index (χ3v) is 9.19. The van der Waals surface area contributed by atoms with Gasteiger partial charge in [0.15, 0.2) is 0 Å². The molecule has 0 heterocycles. The van der Waals surface area contributed by atoms with Gasteiger partial charge >= 0.3 is 0 Å². The fraction of sp³-hybridized carbons (Fsp3) is 0.355. The van der Waals surface area contributed by atoms with E-state index in [0.717, 1.165) is 47.2 Å². The average Bonchev–Trinajstić information content (AvgIpc) is 3.46. The van der Waals surface area contributed by atoms with Crippen LogP contribution < -0.4 is 9.62 Å². The molecule has 2 amide bonds. The standard InChI is InChI=1S/C31H36FN3O4S/c1-3-28(31(37)33-25-15-9-10-16-25)34(21-24-14-8-7-13-23(24)2)30(36)22-35(29-20-12-11-19-27(29)32)40(38,39)26-17-5-4-6-18-26/h4-8,11-14,17-20,25,28H,3,9-10,15-16,21-22H2,1-2H3,(H,33,37)/t28-/m0/s1. The maximum Gasteiger partial charge on any atom is 0.264 e. The summed E-state index contributed by atoms with van der Waals surface area (Å²) in [6.07, 6.45) is 4.21. The minimum Gasteiger partial charge on any atom is -0.352 e. The van der Waals surface area contributed by atoms with Gasteiger partial charge in [0.25, 0.3) is 10.0 Å². The molecule has 0 bridgehead atoms. The number of rotatable bonds is 11.